The number of aromatic nitrogens is 1. The summed E-state index contributed by atoms with van der Waals surface area (Å²) in [6.45, 7) is 4.29. The molecule has 0 bridgehead atoms. The first-order valence-electron chi connectivity index (χ1n) is 10.3. The summed E-state index contributed by atoms with van der Waals surface area (Å²) in [6.07, 6.45) is 8.05. The molecule has 0 unspecified atom stereocenters. The van der Waals surface area contributed by atoms with E-state index < -0.39 is 9.84 Å². The third-order valence-electron chi connectivity index (χ3n) is 6.41. The van der Waals surface area contributed by atoms with Gasteiger partial charge in [0, 0.05) is 48.8 Å². The Bertz CT molecular complexity index is 916. The van der Waals surface area contributed by atoms with Crippen molar-refractivity contribution in [2.75, 3.05) is 42.2 Å². The predicted octanol–water partition coefficient (Wildman–Crippen LogP) is 4.38. The molecule has 2 saturated heterocycles. The average Bonchev–Trinajstić information content (AvgIpc) is 2.74. The van der Waals surface area contributed by atoms with E-state index >= 15 is 0 Å². The SMILES string of the molecule is CS(=O)(=O)c1ccc(N2CCC(C3CCN(c4ccc(Br)cn4)CC3)CC2)cc1. The van der Waals surface area contributed by atoms with Gasteiger partial charge in [0.05, 0.1) is 4.90 Å². The van der Waals surface area contributed by atoms with E-state index in [0.29, 0.717) is 4.90 Å². The van der Waals surface area contributed by atoms with Crippen molar-refractivity contribution >= 4 is 37.3 Å². The molecule has 2 aliphatic heterocycles. The van der Waals surface area contributed by atoms with Crippen LogP contribution in [0.4, 0.5) is 11.5 Å². The summed E-state index contributed by atoms with van der Waals surface area (Å²) in [6, 6.07) is 11.5. The topological polar surface area (TPSA) is 53.5 Å². The molecule has 0 saturated carbocycles. The van der Waals surface area contributed by atoms with Gasteiger partial charge in [-0.1, -0.05) is 0 Å². The second-order valence-corrected chi connectivity index (χ2v) is 11.2. The van der Waals surface area contributed by atoms with Gasteiger partial charge < -0.3 is 9.80 Å². The van der Waals surface area contributed by atoms with Gasteiger partial charge in [-0.2, -0.15) is 0 Å². The number of pyridine rings is 1. The lowest BCUT2D eigenvalue weighted by Gasteiger charge is -2.41. The molecule has 29 heavy (non-hydrogen) atoms. The van der Waals surface area contributed by atoms with Crippen LogP contribution >= 0.6 is 15.9 Å². The Hall–Kier alpha value is -1.60. The van der Waals surface area contributed by atoms with Gasteiger partial charge in [-0.3, -0.25) is 0 Å². The molecule has 2 fully saturated rings. The van der Waals surface area contributed by atoms with Gasteiger partial charge in [0.1, 0.15) is 5.82 Å². The highest BCUT2D eigenvalue weighted by Crippen LogP contribution is 2.35. The van der Waals surface area contributed by atoms with E-state index in [2.05, 4.69) is 42.8 Å². The Kier molecular flexibility index (Phi) is 6.16. The van der Waals surface area contributed by atoms with E-state index in [1.54, 1.807) is 12.1 Å². The van der Waals surface area contributed by atoms with Gasteiger partial charge in [0.2, 0.25) is 0 Å². The largest absolute Gasteiger partial charge is 0.372 e. The molecule has 0 spiro atoms. The van der Waals surface area contributed by atoms with Crippen LogP contribution in [0.25, 0.3) is 0 Å². The minimum atomic E-state index is -3.13. The molecular formula is C22H28BrN3O2S. The predicted molar refractivity (Wildman–Crippen MR) is 121 cm³/mol. The molecule has 0 aliphatic carbocycles. The smallest absolute Gasteiger partial charge is 0.175 e. The van der Waals surface area contributed by atoms with Gasteiger partial charge in [0.25, 0.3) is 0 Å². The van der Waals surface area contributed by atoms with Gasteiger partial charge >= 0.3 is 0 Å². The van der Waals surface area contributed by atoms with Crippen molar-refractivity contribution in [3.63, 3.8) is 0 Å². The van der Waals surface area contributed by atoms with Crippen molar-refractivity contribution in [3.8, 4) is 0 Å². The number of benzene rings is 1. The molecule has 2 aromatic rings. The number of rotatable bonds is 4. The molecule has 7 heteroatoms. The highest BCUT2D eigenvalue weighted by Gasteiger charge is 2.30. The number of hydrogen-bond donors (Lipinski definition) is 0. The van der Waals surface area contributed by atoms with Crippen molar-refractivity contribution < 1.29 is 8.42 Å². The lowest BCUT2D eigenvalue weighted by atomic mass is 9.78. The van der Waals surface area contributed by atoms with Gasteiger partial charge in [-0.25, -0.2) is 13.4 Å². The Balaban J connectivity index is 1.28. The Morgan fingerprint density at radius 3 is 1.90 bits per heavy atom. The Morgan fingerprint density at radius 1 is 0.862 bits per heavy atom. The summed E-state index contributed by atoms with van der Waals surface area (Å²) in [5.74, 6) is 2.68. The zero-order chi connectivity index (χ0) is 20.4. The van der Waals surface area contributed by atoms with Crippen LogP contribution in [0.5, 0.6) is 0 Å². The Labute approximate surface area is 182 Å². The zero-order valence-electron chi connectivity index (χ0n) is 16.8. The normalized spacial score (nSPS) is 19.5. The highest BCUT2D eigenvalue weighted by atomic mass is 79.9. The minimum Gasteiger partial charge on any atom is -0.372 e. The summed E-state index contributed by atoms with van der Waals surface area (Å²) < 4.78 is 24.3. The van der Waals surface area contributed by atoms with Gasteiger partial charge in [-0.15, -0.1) is 0 Å². The first-order chi connectivity index (χ1) is 13.9. The van der Waals surface area contributed by atoms with E-state index in [4.69, 9.17) is 0 Å². The number of piperidine rings is 2. The number of nitrogens with zero attached hydrogens (tertiary/aromatic N) is 3. The van der Waals surface area contributed by atoms with E-state index in [0.717, 1.165) is 54.0 Å². The average molecular weight is 478 g/mol. The van der Waals surface area contributed by atoms with Crippen molar-refractivity contribution in [2.24, 2.45) is 11.8 Å². The lowest BCUT2D eigenvalue weighted by Crippen LogP contribution is -2.41. The van der Waals surface area contributed by atoms with E-state index in [1.807, 2.05) is 18.3 Å². The molecular weight excluding hydrogens is 450 g/mol. The molecule has 156 valence electrons. The molecule has 0 N–H and O–H groups in total. The lowest BCUT2D eigenvalue weighted by molar-refractivity contribution is 0.233. The fourth-order valence-corrected chi connectivity index (χ4v) is 5.55. The number of anilines is 2. The maximum Gasteiger partial charge on any atom is 0.175 e. The van der Waals surface area contributed by atoms with Crippen molar-refractivity contribution in [1.82, 2.24) is 4.98 Å². The molecule has 5 nitrogen and oxygen atoms in total. The number of hydrogen-bond acceptors (Lipinski definition) is 5. The molecule has 3 heterocycles. The molecule has 0 radical (unpaired) electrons. The molecule has 1 aromatic carbocycles. The zero-order valence-corrected chi connectivity index (χ0v) is 19.2. The first-order valence-corrected chi connectivity index (χ1v) is 13.0. The summed E-state index contributed by atoms with van der Waals surface area (Å²) in [7, 11) is -3.13. The van der Waals surface area contributed by atoms with Crippen LogP contribution in [0, 0.1) is 11.8 Å². The number of halogens is 1. The molecule has 4 rings (SSSR count). The van der Waals surface area contributed by atoms with Crippen LogP contribution in [0.15, 0.2) is 52.0 Å². The van der Waals surface area contributed by atoms with Crippen LogP contribution in [-0.4, -0.2) is 45.8 Å². The van der Waals surface area contributed by atoms with Crippen LogP contribution < -0.4 is 9.80 Å². The maximum atomic E-state index is 11.6. The third kappa shape index (κ3) is 4.94. The first kappa shape index (κ1) is 20.7. The molecule has 1 aromatic heterocycles. The molecule has 2 aliphatic rings. The van der Waals surface area contributed by atoms with E-state index in [1.165, 1.54) is 31.9 Å². The van der Waals surface area contributed by atoms with Crippen molar-refractivity contribution in [1.29, 1.82) is 0 Å². The third-order valence-corrected chi connectivity index (χ3v) is 8.01. The second-order valence-electron chi connectivity index (χ2n) is 8.25. The van der Waals surface area contributed by atoms with Crippen LogP contribution in [-0.2, 0) is 9.84 Å². The van der Waals surface area contributed by atoms with Gasteiger partial charge in [0.15, 0.2) is 9.84 Å². The van der Waals surface area contributed by atoms with Crippen molar-refractivity contribution in [2.45, 2.75) is 30.6 Å². The molecule has 0 atom stereocenters. The summed E-state index contributed by atoms with van der Waals surface area (Å²) in [5.41, 5.74) is 1.13. The Morgan fingerprint density at radius 2 is 1.41 bits per heavy atom. The van der Waals surface area contributed by atoms with Crippen molar-refractivity contribution in [3.05, 3.63) is 47.1 Å². The van der Waals surface area contributed by atoms with Gasteiger partial charge in [-0.05, 0) is 89.8 Å². The summed E-state index contributed by atoms with van der Waals surface area (Å²) >= 11 is 3.45. The van der Waals surface area contributed by atoms with Crippen LogP contribution in [0.2, 0.25) is 0 Å². The van der Waals surface area contributed by atoms with E-state index in [-0.39, 0.29) is 0 Å². The fourth-order valence-electron chi connectivity index (χ4n) is 4.69. The fraction of sp³-hybridized carbons (Fsp3) is 0.500. The minimum absolute atomic E-state index is 0.392. The molecule has 0 amide bonds. The highest BCUT2D eigenvalue weighted by molar-refractivity contribution is 9.10. The number of sulfone groups is 1. The van der Waals surface area contributed by atoms with Crippen LogP contribution in [0.3, 0.4) is 0 Å². The van der Waals surface area contributed by atoms with Crippen LogP contribution in [0.1, 0.15) is 25.7 Å². The summed E-state index contributed by atoms with van der Waals surface area (Å²) in [5, 5.41) is 0. The van der Waals surface area contributed by atoms with E-state index in [9.17, 15) is 8.42 Å². The summed E-state index contributed by atoms with van der Waals surface area (Å²) in [4.78, 5) is 9.73. The second kappa shape index (κ2) is 8.64. The maximum absolute atomic E-state index is 11.6. The standard InChI is InChI=1S/C22H28BrN3O2S/c1-29(27,28)21-5-3-20(4-6-21)25-12-8-17(9-13-25)18-10-14-26(15-11-18)22-7-2-19(23)16-24-22/h2-7,16-18H,8-15H2,1H3. The quantitative estimate of drug-likeness (QED) is 0.653. The monoisotopic (exact) mass is 477 g/mol.